The molecule has 4 N–H and O–H groups in total. The second-order valence-electron chi connectivity index (χ2n) is 5.43. The molecule has 0 radical (unpaired) electrons. The molecule has 2 atom stereocenters. The average Bonchev–Trinajstić information content (AvgIpc) is 2.45. The highest BCUT2D eigenvalue weighted by atomic mass is 16.3. The highest BCUT2D eigenvalue weighted by Crippen LogP contribution is 2.10. The zero-order valence-electron chi connectivity index (χ0n) is 13.1. The molecule has 0 aromatic heterocycles. The topological polar surface area (TPSA) is 71.9 Å². The van der Waals surface area contributed by atoms with Crippen molar-refractivity contribution in [2.24, 2.45) is 4.99 Å². The lowest BCUT2D eigenvalue weighted by atomic mass is 10.2. The molecule has 0 amide bonds. The lowest BCUT2D eigenvalue weighted by Gasteiger charge is -2.36. The molecule has 0 aliphatic carbocycles. The van der Waals surface area contributed by atoms with Gasteiger partial charge in [-0.2, -0.15) is 0 Å². The summed E-state index contributed by atoms with van der Waals surface area (Å²) in [5.74, 6) is 1.11. The number of nitrogens with zero attached hydrogens (tertiary/aromatic N) is 2. The quantitative estimate of drug-likeness (QED) is 0.382. The van der Waals surface area contributed by atoms with Crippen molar-refractivity contribution in [1.82, 2.24) is 20.9 Å². The van der Waals surface area contributed by atoms with Gasteiger partial charge in [0, 0.05) is 45.3 Å². The van der Waals surface area contributed by atoms with Crippen LogP contribution in [0.1, 0.15) is 20.8 Å². The number of rotatable bonds is 7. The van der Waals surface area contributed by atoms with E-state index in [1.807, 2.05) is 6.92 Å². The molecule has 0 aromatic rings. The molecule has 0 aromatic carbocycles. The van der Waals surface area contributed by atoms with Crippen molar-refractivity contribution in [2.75, 3.05) is 39.8 Å². The first-order valence-corrected chi connectivity index (χ1v) is 7.28. The van der Waals surface area contributed by atoms with E-state index in [9.17, 15) is 0 Å². The van der Waals surface area contributed by atoms with E-state index in [-0.39, 0.29) is 12.6 Å². The van der Waals surface area contributed by atoms with Crippen LogP contribution in [0.4, 0.5) is 0 Å². The number of piperazine rings is 1. The van der Waals surface area contributed by atoms with Crippen LogP contribution < -0.4 is 16.0 Å². The number of nitrogens with one attached hydrogen (secondary N) is 3. The molecule has 6 nitrogen and oxygen atoms in total. The predicted octanol–water partition coefficient (Wildman–Crippen LogP) is -0.270. The van der Waals surface area contributed by atoms with Crippen LogP contribution in [0.25, 0.3) is 0 Å². The van der Waals surface area contributed by atoms with Gasteiger partial charge in [0.05, 0.1) is 12.9 Å². The fraction of sp³-hybridized carbons (Fsp3) is 0.786. The van der Waals surface area contributed by atoms with Crippen molar-refractivity contribution >= 4 is 6.34 Å². The molecule has 6 heteroatoms. The molecule has 1 unspecified atom stereocenters. The normalized spacial score (nSPS) is 22.9. The lowest BCUT2D eigenvalue weighted by Crippen LogP contribution is -2.51. The Morgan fingerprint density at radius 3 is 2.95 bits per heavy atom. The van der Waals surface area contributed by atoms with Crippen LogP contribution in [0, 0.1) is 0 Å². The number of aliphatic imine (C=N–C) groups is 1. The van der Waals surface area contributed by atoms with E-state index >= 15 is 0 Å². The summed E-state index contributed by atoms with van der Waals surface area (Å²) < 4.78 is 0. The monoisotopic (exact) mass is 283 g/mol. The first-order chi connectivity index (χ1) is 9.58. The Morgan fingerprint density at radius 2 is 2.35 bits per heavy atom. The highest BCUT2D eigenvalue weighted by Gasteiger charge is 2.19. The van der Waals surface area contributed by atoms with Crippen molar-refractivity contribution in [3.63, 3.8) is 0 Å². The minimum absolute atomic E-state index is 0.105. The van der Waals surface area contributed by atoms with Gasteiger partial charge in [-0.15, -0.1) is 0 Å². The van der Waals surface area contributed by atoms with E-state index in [2.05, 4.69) is 39.7 Å². The molecule has 0 bridgehead atoms. The van der Waals surface area contributed by atoms with Gasteiger partial charge in [0.25, 0.3) is 0 Å². The van der Waals surface area contributed by atoms with Gasteiger partial charge in [-0.05, 0) is 26.3 Å². The van der Waals surface area contributed by atoms with Crippen LogP contribution in [0.2, 0.25) is 0 Å². The van der Waals surface area contributed by atoms with Gasteiger partial charge in [0.2, 0.25) is 0 Å². The SMILES string of the molecule is CN=CN/C(=C(/C)CNC(C)CO)N1CCN[C@@H](C)C1. The summed E-state index contributed by atoms with van der Waals surface area (Å²) in [6, 6.07) is 0.587. The van der Waals surface area contributed by atoms with Crippen LogP contribution in [0.15, 0.2) is 16.4 Å². The Bertz CT molecular complexity index is 342. The molecule has 1 fully saturated rings. The Kier molecular flexibility index (Phi) is 7.58. The second-order valence-corrected chi connectivity index (χ2v) is 5.43. The summed E-state index contributed by atoms with van der Waals surface area (Å²) in [5.41, 5.74) is 1.22. The van der Waals surface area contributed by atoms with Gasteiger partial charge in [0.1, 0.15) is 5.82 Å². The van der Waals surface area contributed by atoms with E-state index in [1.165, 1.54) is 5.57 Å². The third-order valence-electron chi connectivity index (χ3n) is 3.41. The zero-order chi connectivity index (χ0) is 15.0. The van der Waals surface area contributed by atoms with Crippen molar-refractivity contribution in [3.8, 4) is 0 Å². The van der Waals surface area contributed by atoms with Crippen molar-refractivity contribution < 1.29 is 5.11 Å². The van der Waals surface area contributed by atoms with Gasteiger partial charge in [-0.25, -0.2) is 0 Å². The molecule has 0 spiro atoms. The van der Waals surface area contributed by atoms with E-state index in [1.54, 1.807) is 13.4 Å². The van der Waals surface area contributed by atoms with Gasteiger partial charge < -0.3 is 26.0 Å². The molecule has 116 valence electrons. The van der Waals surface area contributed by atoms with Gasteiger partial charge >= 0.3 is 0 Å². The van der Waals surface area contributed by atoms with Gasteiger partial charge in [0.15, 0.2) is 0 Å². The number of aliphatic hydroxyl groups excluding tert-OH is 1. The smallest absolute Gasteiger partial charge is 0.107 e. The summed E-state index contributed by atoms with van der Waals surface area (Å²) >= 11 is 0. The molecule has 0 saturated carbocycles. The average molecular weight is 283 g/mol. The van der Waals surface area contributed by atoms with Crippen LogP contribution in [0.3, 0.4) is 0 Å². The van der Waals surface area contributed by atoms with Crippen LogP contribution >= 0.6 is 0 Å². The second kappa shape index (κ2) is 8.94. The zero-order valence-corrected chi connectivity index (χ0v) is 13.1. The Balaban J connectivity index is 2.74. The fourth-order valence-electron chi connectivity index (χ4n) is 2.22. The van der Waals surface area contributed by atoms with Gasteiger partial charge in [-0.1, -0.05) is 0 Å². The molecule has 1 aliphatic rings. The maximum atomic E-state index is 9.08. The largest absolute Gasteiger partial charge is 0.395 e. The minimum Gasteiger partial charge on any atom is -0.395 e. The fourth-order valence-corrected chi connectivity index (χ4v) is 2.22. The maximum Gasteiger partial charge on any atom is 0.107 e. The minimum atomic E-state index is 0.105. The Labute approximate surface area is 122 Å². The van der Waals surface area contributed by atoms with Crippen LogP contribution in [0.5, 0.6) is 0 Å². The molecule has 1 saturated heterocycles. The molecular weight excluding hydrogens is 254 g/mol. The number of hydrogen-bond acceptors (Lipinski definition) is 5. The van der Waals surface area contributed by atoms with Crippen molar-refractivity contribution in [3.05, 3.63) is 11.4 Å². The van der Waals surface area contributed by atoms with Crippen molar-refractivity contribution in [1.29, 1.82) is 0 Å². The van der Waals surface area contributed by atoms with E-state index in [0.29, 0.717) is 6.04 Å². The summed E-state index contributed by atoms with van der Waals surface area (Å²) in [6.07, 6.45) is 1.72. The Morgan fingerprint density at radius 1 is 1.60 bits per heavy atom. The molecule has 20 heavy (non-hydrogen) atoms. The summed E-state index contributed by atoms with van der Waals surface area (Å²) in [5, 5.41) is 19.1. The lowest BCUT2D eigenvalue weighted by molar-refractivity contribution is 0.242. The summed E-state index contributed by atoms with van der Waals surface area (Å²) in [4.78, 5) is 6.36. The molecule has 1 heterocycles. The third kappa shape index (κ3) is 5.48. The number of aliphatic hydroxyl groups is 1. The molecule has 1 aliphatic heterocycles. The van der Waals surface area contributed by atoms with Crippen molar-refractivity contribution in [2.45, 2.75) is 32.9 Å². The van der Waals surface area contributed by atoms with E-state index in [4.69, 9.17) is 5.11 Å². The summed E-state index contributed by atoms with van der Waals surface area (Å²) in [7, 11) is 1.76. The Hall–Kier alpha value is -1.11. The van der Waals surface area contributed by atoms with Crippen LogP contribution in [-0.4, -0.2) is 68.3 Å². The van der Waals surface area contributed by atoms with Gasteiger partial charge in [-0.3, -0.25) is 4.99 Å². The third-order valence-corrected chi connectivity index (χ3v) is 3.41. The first-order valence-electron chi connectivity index (χ1n) is 7.28. The number of hydrogen-bond donors (Lipinski definition) is 4. The first kappa shape index (κ1) is 16.9. The predicted molar refractivity (Wildman–Crippen MR) is 83.8 cm³/mol. The standard InChI is InChI=1S/C14H29N5O/c1-11(7-17-13(3)9-20)14(18-10-15-4)19-6-5-16-12(2)8-19/h10,12-13,16-17,20H,5-9H2,1-4H3,(H,15,18)/b14-11+/t12-,13?/m0/s1. The molecular formula is C14H29N5O. The van der Waals surface area contributed by atoms with Crippen LogP contribution in [-0.2, 0) is 0 Å². The maximum absolute atomic E-state index is 9.08. The summed E-state index contributed by atoms with van der Waals surface area (Å²) in [6.45, 7) is 10.1. The van der Waals surface area contributed by atoms with E-state index < -0.39 is 0 Å². The van der Waals surface area contributed by atoms with E-state index in [0.717, 1.165) is 32.0 Å². The highest BCUT2D eigenvalue weighted by molar-refractivity contribution is 5.57. The molecule has 1 rings (SSSR count).